The molecule has 1 amide bonds. The Morgan fingerprint density at radius 1 is 1.25 bits per heavy atom. The number of halogens is 1. The number of carbonyl (C=O) groups excluding carboxylic acids is 2. The van der Waals surface area contributed by atoms with Gasteiger partial charge in [-0.2, -0.15) is 0 Å². The first-order valence-electron chi connectivity index (χ1n) is 8.30. The average Bonchev–Trinajstić information content (AvgIpc) is 3.01. The van der Waals surface area contributed by atoms with Gasteiger partial charge in [-0.3, -0.25) is 9.59 Å². The van der Waals surface area contributed by atoms with Crippen molar-refractivity contribution in [3.8, 4) is 5.75 Å². The topological polar surface area (TPSA) is 58.6 Å². The lowest BCUT2D eigenvalue weighted by molar-refractivity contribution is -0.135. The molecule has 132 valence electrons. The summed E-state index contributed by atoms with van der Waals surface area (Å²) >= 11 is 0. The van der Waals surface area contributed by atoms with Gasteiger partial charge in [0, 0.05) is 25.2 Å². The molecule has 0 aromatic heterocycles. The first-order chi connectivity index (χ1) is 11.1. The van der Waals surface area contributed by atoms with Crippen molar-refractivity contribution in [3.63, 3.8) is 0 Å². The number of ketones is 1. The Balaban J connectivity index is 0.00000208. The molecule has 5 nitrogen and oxygen atoms in total. The third kappa shape index (κ3) is 4.28. The molecule has 24 heavy (non-hydrogen) atoms. The van der Waals surface area contributed by atoms with Crippen LogP contribution >= 0.6 is 12.4 Å². The van der Waals surface area contributed by atoms with Gasteiger partial charge in [-0.25, -0.2) is 0 Å². The van der Waals surface area contributed by atoms with E-state index in [1.807, 2.05) is 4.90 Å². The number of nitrogens with one attached hydrogen (secondary N) is 1. The van der Waals surface area contributed by atoms with Crippen molar-refractivity contribution < 1.29 is 14.3 Å². The lowest BCUT2D eigenvalue weighted by Crippen LogP contribution is -2.45. The van der Waals surface area contributed by atoms with Crippen LogP contribution in [0.15, 0.2) is 24.3 Å². The summed E-state index contributed by atoms with van der Waals surface area (Å²) in [7, 11) is 0. The maximum Gasteiger partial charge on any atom is 0.260 e. The van der Waals surface area contributed by atoms with Gasteiger partial charge in [0.2, 0.25) is 0 Å². The monoisotopic (exact) mass is 352 g/mol. The highest BCUT2D eigenvalue weighted by molar-refractivity contribution is 5.94. The molecular formula is C18H25ClN2O3. The van der Waals surface area contributed by atoms with Crippen LogP contribution in [0.3, 0.4) is 0 Å². The second-order valence-corrected chi connectivity index (χ2v) is 6.68. The summed E-state index contributed by atoms with van der Waals surface area (Å²) < 4.78 is 5.57. The van der Waals surface area contributed by atoms with Crippen molar-refractivity contribution in [2.45, 2.75) is 26.2 Å². The van der Waals surface area contributed by atoms with Crippen LogP contribution in [-0.2, 0) is 4.79 Å². The van der Waals surface area contributed by atoms with Crippen LogP contribution < -0.4 is 10.1 Å². The van der Waals surface area contributed by atoms with E-state index in [1.54, 1.807) is 24.3 Å². The van der Waals surface area contributed by atoms with Gasteiger partial charge in [-0.1, -0.05) is 12.1 Å². The fourth-order valence-electron chi connectivity index (χ4n) is 3.49. The molecule has 0 unspecified atom stereocenters. The minimum absolute atomic E-state index is 0. The third-order valence-electron chi connectivity index (χ3n) is 5.11. The quantitative estimate of drug-likeness (QED) is 0.845. The van der Waals surface area contributed by atoms with Gasteiger partial charge in [0.1, 0.15) is 5.75 Å². The molecule has 6 heteroatoms. The number of Topliss-reactive ketones (excluding diaryl/α,β-unsaturated/α-hetero) is 1. The Kier molecular flexibility index (Phi) is 6.24. The van der Waals surface area contributed by atoms with Gasteiger partial charge < -0.3 is 15.0 Å². The number of amides is 1. The first kappa shape index (κ1) is 18.7. The number of nitrogens with zero attached hydrogens (tertiary/aromatic N) is 1. The van der Waals surface area contributed by atoms with Crippen molar-refractivity contribution in [2.24, 2.45) is 5.41 Å². The smallest absolute Gasteiger partial charge is 0.260 e. The van der Waals surface area contributed by atoms with Crippen LogP contribution in [0.5, 0.6) is 5.75 Å². The molecule has 2 aliphatic heterocycles. The standard InChI is InChI=1S/C18H24N2O3.ClH/c1-14(21)15-3-2-4-16(11-15)23-12-17(22)20-9-6-18(7-10-20)5-8-19-13-18;/h2-4,11,19H,5-10,12-13H2,1H3;1H. The van der Waals surface area contributed by atoms with Crippen LogP contribution in [0.4, 0.5) is 0 Å². The van der Waals surface area contributed by atoms with Crippen LogP contribution in [0.2, 0.25) is 0 Å². The van der Waals surface area contributed by atoms with Gasteiger partial charge in [0.25, 0.3) is 5.91 Å². The molecule has 1 aromatic carbocycles. The molecule has 0 bridgehead atoms. The summed E-state index contributed by atoms with van der Waals surface area (Å²) in [6.07, 6.45) is 3.38. The number of piperidine rings is 1. The van der Waals surface area contributed by atoms with E-state index in [1.165, 1.54) is 13.3 Å². The number of likely N-dealkylation sites (tertiary alicyclic amines) is 1. The van der Waals surface area contributed by atoms with Crippen LogP contribution in [0.25, 0.3) is 0 Å². The van der Waals surface area contributed by atoms with Crippen molar-refractivity contribution in [2.75, 3.05) is 32.8 Å². The van der Waals surface area contributed by atoms with E-state index < -0.39 is 0 Å². The minimum Gasteiger partial charge on any atom is -0.484 e. The van der Waals surface area contributed by atoms with Crippen LogP contribution in [0.1, 0.15) is 36.5 Å². The number of rotatable bonds is 4. The number of hydrogen-bond acceptors (Lipinski definition) is 4. The van der Waals surface area contributed by atoms with Crippen molar-refractivity contribution in [3.05, 3.63) is 29.8 Å². The molecular weight excluding hydrogens is 328 g/mol. The van der Waals surface area contributed by atoms with E-state index in [-0.39, 0.29) is 30.7 Å². The van der Waals surface area contributed by atoms with E-state index in [0.29, 0.717) is 16.7 Å². The van der Waals surface area contributed by atoms with E-state index in [4.69, 9.17) is 4.74 Å². The van der Waals surface area contributed by atoms with E-state index >= 15 is 0 Å². The van der Waals surface area contributed by atoms with Gasteiger partial charge in [-0.15, -0.1) is 12.4 Å². The zero-order valence-corrected chi connectivity index (χ0v) is 14.9. The van der Waals surface area contributed by atoms with Crippen molar-refractivity contribution in [1.29, 1.82) is 0 Å². The van der Waals surface area contributed by atoms with Gasteiger partial charge in [0.05, 0.1) is 0 Å². The normalized spacial score (nSPS) is 19.0. The highest BCUT2D eigenvalue weighted by Crippen LogP contribution is 2.36. The summed E-state index contributed by atoms with van der Waals surface area (Å²) in [4.78, 5) is 25.6. The molecule has 2 saturated heterocycles. The maximum atomic E-state index is 12.3. The van der Waals surface area contributed by atoms with Crippen LogP contribution in [0, 0.1) is 5.41 Å². The molecule has 0 saturated carbocycles. The molecule has 2 fully saturated rings. The molecule has 1 aromatic rings. The van der Waals surface area contributed by atoms with Crippen molar-refractivity contribution >= 4 is 24.1 Å². The Morgan fingerprint density at radius 3 is 2.62 bits per heavy atom. The van der Waals surface area contributed by atoms with Gasteiger partial charge >= 0.3 is 0 Å². The number of carbonyl (C=O) groups is 2. The van der Waals surface area contributed by atoms with E-state index in [9.17, 15) is 9.59 Å². The SMILES string of the molecule is CC(=O)c1cccc(OCC(=O)N2CCC3(CCNC3)CC2)c1.Cl. The second-order valence-electron chi connectivity index (χ2n) is 6.68. The lowest BCUT2D eigenvalue weighted by Gasteiger charge is -2.38. The number of hydrogen-bond donors (Lipinski definition) is 1. The fourth-order valence-corrected chi connectivity index (χ4v) is 3.49. The molecule has 0 atom stereocenters. The second kappa shape index (κ2) is 7.99. The zero-order valence-electron chi connectivity index (χ0n) is 14.0. The summed E-state index contributed by atoms with van der Waals surface area (Å²) in [5.41, 5.74) is 1.01. The highest BCUT2D eigenvalue weighted by atomic mass is 35.5. The highest BCUT2D eigenvalue weighted by Gasteiger charge is 2.37. The molecule has 0 aliphatic carbocycles. The Morgan fingerprint density at radius 2 is 2.00 bits per heavy atom. The zero-order chi connectivity index (χ0) is 16.3. The average molecular weight is 353 g/mol. The predicted molar refractivity (Wildman–Crippen MR) is 94.9 cm³/mol. The molecule has 3 rings (SSSR count). The predicted octanol–water partition coefficient (Wildman–Crippen LogP) is 2.29. The molecule has 1 N–H and O–H groups in total. The molecule has 2 aliphatic rings. The fraction of sp³-hybridized carbons (Fsp3) is 0.556. The number of ether oxygens (including phenoxy) is 1. The molecule has 0 radical (unpaired) electrons. The summed E-state index contributed by atoms with van der Waals surface area (Å²) in [5.74, 6) is 0.590. The third-order valence-corrected chi connectivity index (χ3v) is 5.11. The number of benzene rings is 1. The van der Waals surface area contributed by atoms with Gasteiger partial charge in [0.15, 0.2) is 12.4 Å². The van der Waals surface area contributed by atoms with Crippen molar-refractivity contribution in [1.82, 2.24) is 10.2 Å². The molecule has 1 spiro atoms. The largest absolute Gasteiger partial charge is 0.484 e. The maximum absolute atomic E-state index is 12.3. The van der Waals surface area contributed by atoms with E-state index in [0.717, 1.165) is 39.0 Å². The minimum atomic E-state index is -0.00622. The molecule has 2 heterocycles. The van der Waals surface area contributed by atoms with E-state index in [2.05, 4.69) is 5.32 Å². The summed E-state index contributed by atoms with van der Waals surface area (Å²) in [5, 5.41) is 3.43. The lowest BCUT2D eigenvalue weighted by atomic mass is 9.78. The Labute approximate surface area is 149 Å². The Bertz CT molecular complexity index is 590. The Hall–Kier alpha value is -1.59. The first-order valence-corrected chi connectivity index (χ1v) is 8.30. The van der Waals surface area contributed by atoms with Gasteiger partial charge in [-0.05, 0) is 50.3 Å². The van der Waals surface area contributed by atoms with Crippen LogP contribution in [-0.4, -0.2) is 49.4 Å². The summed E-state index contributed by atoms with van der Waals surface area (Å²) in [6.45, 7) is 5.37. The summed E-state index contributed by atoms with van der Waals surface area (Å²) in [6, 6.07) is 6.98.